The third-order valence-electron chi connectivity index (χ3n) is 3.15. The zero-order valence-corrected chi connectivity index (χ0v) is 10.0. The molecule has 0 fully saturated rings. The number of H-pyrrole nitrogens is 1. The predicted molar refractivity (Wildman–Crippen MR) is 60.2 cm³/mol. The zero-order chi connectivity index (χ0) is 11.7. The summed E-state index contributed by atoms with van der Waals surface area (Å²) in [6, 6.07) is 0. The first-order valence-electron chi connectivity index (χ1n) is 5.77. The molecule has 2 rings (SSSR count). The number of aromatic amines is 1. The Morgan fingerprint density at radius 2 is 2.31 bits per heavy atom. The van der Waals surface area contributed by atoms with Crippen molar-refractivity contribution in [3.05, 3.63) is 17.2 Å². The summed E-state index contributed by atoms with van der Waals surface area (Å²) in [6.45, 7) is 4.23. The van der Waals surface area contributed by atoms with Crippen LogP contribution in [0.3, 0.4) is 0 Å². The second-order valence-corrected chi connectivity index (χ2v) is 4.66. The lowest BCUT2D eigenvalue weighted by molar-refractivity contribution is -0.145. The molecule has 1 heterocycles. The van der Waals surface area contributed by atoms with E-state index in [4.69, 9.17) is 4.74 Å². The molecule has 1 unspecified atom stereocenters. The van der Waals surface area contributed by atoms with Crippen LogP contribution in [0, 0.1) is 5.92 Å². The average Bonchev–Trinajstić information content (AvgIpc) is 2.70. The van der Waals surface area contributed by atoms with Crippen LogP contribution in [0.4, 0.5) is 0 Å². The van der Waals surface area contributed by atoms with E-state index in [0.717, 1.165) is 24.4 Å². The lowest BCUT2D eigenvalue weighted by atomic mass is 9.90. The van der Waals surface area contributed by atoms with Gasteiger partial charge in [0, 0.05) is 18.0 Å². The molecular weight excluding hydrogens is 204 g/mol. The normalized spacial score (nSPS) is 19.6. The molecule has 1 aliphatic carbocycles. The molecule has 0 aromatic carbocycles. The molecule has 0 saturated heterocycles. The van der Waals surface area contributed by atoms with Crippen molar-refractivity contribution in [3.63, 3.8) is 0 Å². The van der Waals surface area contributed by atoms with Gasteiger partial charge < -0.3 is 9.72 Å². The number of imidazole rings is 1. The van der Waals surface area contributed by atoms with Gasteiger partial charge in [-0.15, -0.1) is 0 Å². The van der Waals surface area contributed by atoms with Gasteiger partial charge in [-0.1, -0.05) is 13.8 Å². The summed E-state index contributed by atoms with van der Waals surface area (Å²) in [6.07, 6.45) is 2.47. The Morgan fingerprint density at radius 3 is 2.94 bits per heavy atom. The number of nitrogens with zero attached hydrogens (tertiary/aromatic N) is 1. The van der Waals surface area contributed by atoms with E-state index in [1.165, 1.54) is 12.8 Å². The number of hydrogen-bond donors (Lipinski definition) is 1. The standard InChI is InChI=1S/C12H18N2O2/c1-7(2)11-13-9-5-4-8(12(15)16-3)6-10(9)14-11/h7-8H,4-6H2,1-3H3,(H,13,14). The quantitative estimate of drug-likeness (QED) is 0.776. The molecule has 1 atom stereocenters. The van der Waals surface area contributed by atoms with Crippen molar-refractivity contribution >= 4 is 5.97 Å². The van der Waals surface area contributed by atoms with Crippen LogP contribution in [-0.2, 0) is 22.4 Å². The number of rotatable bonds is 2. The number of ether oxygens (including phenoxy) is 1. The number of carbonyl (C=O) groups is 1. The maximum atomic E-state index is 11.5. The summed E-state index contributed by atoms with van der Waals surface area (Å²) < 4.78 is 4.78. The number of aryl methyl sites for hydroxylation is 1. The van der Waals surface area contributed by atoms with Crippen molar-refractivity contribution in [1.82, 2.24) is 9.97 Å². The Morgan fingerprint density at radius 1 is 1.56 bits per heavy atom. The van der Waals surface area contributed by atoms with Crippen LogP contribution in [0.15, 0.2) is 0 Å². The second kappa shape index (κ2) is 4.28. The largest absolute Gasteiger partial charge is 0.469 e. The monoisotopic (exact) mass is 222 g/mol. The van der Waals surface area contributed by atoms with Gasteiger partial charge in [0.05, 0.1) is 18.7 Å². The Hall–Kier alpha value is -1.32. The Labute approximate surface area is 95.4 Å². The molecular formula is C12H18N2O2. The minimum absolute atomic E-state index is 0.0131. The molecule has 1 N–H and O–H groups in total. The minimum Gasteiger partial charge on any atom is -0.469 e. The van der Waals surface area contributed by atoms with Crippen LogP contribution in [0.25, 0.3) is 0 Å². The van der Waals surface area contributed by atoms with Crippen molar-refractivity contribution in [2.75, 3.05) is 7.11 Å². The van der Waals surface area contributed by atoms with Gasteiger partial charge in [0.25, 0.3) is 0 Å². The van der Waals surface area contributed by atoms with Gasteiger partial charge in [-0.25, -0.2) is 4.98 Å². The Kier molecular flexibility index (Phi) is 2.99. The van der Waals surface area contributed by atoms with E-state index in [1.807, 2.05) is 0 Å². The van der Waals surface area contributed by atoms with E-state index in [9.17, 15) is 4.79 Å². The molecule has 0 aliphatic heterocycles. The molecule has 1 aromatic heterocycles. The summed E-state index contributed by atoms with van der Waals surface area (Å²) in [4.78, 5) is 19.4. The van der Waals surface area contributed by atoms with E-state index >= 15 is 0 Å². The number of esters is 1. The van der Waals surface area contributed by atoms with Crippen LogP contribution in [0.1, 0.15) is 43.4 Å². The highest BCUT2D eigenvalue weighted by molar-refractivity contribution is 5.73. The van der Waals surface area contributed by atoms with Gasteiger partial charge in [0.15, 0.2) is 0 Å². The number of methoxy groups -OCH3 is 1. The summed E-state index contributed by atoms with van der Waals surface area (Å²) in [5.74, 6) is 1.30. The molecule has 4 nitrogen and oxygen atoms in total. The van der Waals surface area contributed by atoms with Gasteiger partial charge in [-0.3, -0.25) is 4.79 Å². The molecule has 16 heavy (non-hydrogen) atoms. The van der Waals surface area contributed by atoms with Crippen molar-refractivity contribution in [3.8, 4) is 0 Å². The molecule has 1 aromatic rings. The fourth-order valence-electron chi connectivity index (χ4n) is 2.14. The second-order valence-electron chi connectivity index (χ2n) is 4.66. The SMILES string of the molecule is COC(=O)C1CCc2[nH]c(C(C)C)nc2C1. The fourth-order valence-corrected chi connectivity index (χ4v) is 2.14. The lowest BCUT2D eigenvalue weighted by Crippen LogP contribution is -2.23. The third-order valence-corrected chi connectivity index (χ3v) is 3.15. The first kappa shape index (κ1) is 11.2. The molecule has 0 bridgehead atoms. The van der Waals surface area contributed by atoms with Crippen LogP contribution < -0.4 is 0 Å². The predicted octanol–water partition coefficient (Wildman–Crippen LogP) is 1.81. The first-order valence-corrected chi connectivity index (χ1v) is 5.77. The number of aromatic nitrogens is 2. The van der Waals surface area contributed by atoms with E-state index in [2.05, 4.69) is 23.8 Å². The highest BCUT2D eigenvalue weighted by Crippen LogP contribution is 2.26. The number of carbonyl (C=O) groups excluding carboxylic acids is 1. The lowest BCUT2D eigenvalue weighted by Gasteiger charge is -2.18. The van der Waals surface area contributed by atoms with Crippen LogP contribution in [0.5, 0.6) is 0 Å². The van der Waals surface area contributed by atoms with Crippen LogP contribution in [0.2, 0.25) is 0 Å². The van der Waals surface area contributed by atoms with Crippen LogP contribution >= 0.6 is 0 Å². The van der Waals surface area contributed by atoms with Gasteiger partial charge in [-0.05, 0) is 12.8 Å². The number of fused-ring (bicyclic) bond motifs is 1. The van der Waals surface area contributed by atoms with Gasteiger partial charge in [0.1, 0.15) is 5.82 Å². The third kappa shape index (κ3) is 1.96. The smallest absolute Gasteiger partial charge is 0.309 e. The van der Waals surface area contributed by atoms with Crippen molar-refractivity contribution < 1.29 is 9.53 Å². The maximum absolute atomic E-state index is 11.5. The van der Waals surface area contributed by atoms with Gasteiger partial charge >= 0.3 is 5.97 Å². The highest BCUT2D eigenvalue weighted by atomic mass is 16.5. The first-order chi connectivity index (χ1) is 7.61. The maximum Gasteiger partial charge on any atom is 0.309 e. The molecule has 1 aliphatic rings. The molecule has 0 radical (unpaired) electrons. The summed E-state index contributed by atoms with van der Waals surface area (Å²) in [7, 11) is 1.45. The van der Waals surface area contributed by atoms with Crippen LogP contribution in [-0.4, -0.2) is 23.0 Å². The average molecular weight is 222 g/mol. The molecule has 4 heteroatoms. The molecule has 0 saturated carbocycles. The highest BCUT2D eigenvalue weighted by Gasteiger charge is 2.28. The van der Waals surface area contributed by atoms with E-state index in [0.29, 0.717) is 12.3 Å². The van der Waals surface area contributed by atoms with Crippen molar-refractivity contribution in [2.24, 2.45) is 5.92 Å². The van der Waals surface area contributed by atoms with E-state index in [1.54, 1.807) is 0 Å². The fraction of sp³-hybridized carbons (Fsp3) is 0.667. The zero-order valence-electron chi connectivity index (χ0n) is 10.0. The summed E-state index contributed by atoms with van der Waals surface area (Å²) in [5.41, 5.74) is 2.24. The van der Waals surface area contributed by atoms with Gasteiger partial charge in [-0.2, -0.15) is 0 Å². The topological polar surface area (TPSA) is 55.0 Å². The summed E-state index contributed by atoms with van der Waals surface area (Å²) >= 11 is 0. The molecule has 88 valence electrons. The minimum atomic E-state index is -0.111. The Balaban J connectivity index is 2.17. The molecule has 0 amide bonds. The van der Waals surface area contributed by atoms with Gasteiger partial charge in [0.2, 0.25) is 0 Å². The van der Waals surface area contributed by atoms with E-state index in [-0.39, 0.29) is 11.9 Å². The van der Waals surface area contributed by atoms with Crippen molar-refractivity contribution in [1.29, 1.82) is 0 Å². The number of nitrogens with one attached hydrogen (secondary N) is 1. The van der Waals surface area contributed by atoms with Crippen molar-refractivity contribution in [2.45, 2.75) is 39.0 Å². The molecule has 0 spiro atoms. The summed E-state index contributed by atoms with van der Waals surface area (Å²) in [5, 5.41) is 0. The number of hydrogen-bond acceptors (Lipinski definition) is 3. The Bertz CT molecular complexity index is 396. The van der Waals surface area contributed by atoms with E-state index < -0.39 is 0 Å².